The molecule has 2 N–H and O–H groups in total. The molecule has 9 heteroatoms. The number of rotatable bonds is 9. The first-order valence-electron chi connectivity index (χ1n) is 10.3. The SMILES string of the molecule is COc1ccc(CNc2nc(NCc3ccc(OC)cc3)n(C(=O)c3cccnc3)n2)cc1. The van der Waals surface area contributed by atoms with Gasteiger partial charge in [0.2, 0.25) is 11.9 Å². The third kappa shape index (κ3) is 5.45. The molecule has 0 fully saturated rings. The number of aromatic nitrogens is 4. The molecule has 0 unspecified atom stereocenters. The molecule has 0 radical (unpaired) electrons. The summed E-state index contributed by atoms with van der Waals surface area (Å²) in [6, 6.07) is 18.7. The summed E-state index contributed by atoms with van der Waals surface area (Å²) in [4.78, 5) is 21.6. The van der Waals surface area contributed by atoms with Crippen LogP contribution in [0.5, 0.6) is 11.5 Å². The first-order valence-corrected chi connectivity index (χ1v) is 10.3. The summed E-state index contributed by atoms with van der Waals surface area (Å²) in [7, 11) is 3.25. The maximum absolute atomic E-state index is 13.0. The predicted octanol–water partition coefficient (Wildman–Crippen LogP) is 3.60. The average molecular weight is 444 g/mol. The molecule has 0 saturated carbocycles. The molecule has 0 spiro atoms. The van der Waals surface area contributed by atoms with Gasteiger partial charge in [0.15, 0.2) is 0 Å². The Kier molecular flexibility index (Phi) is 6.79. The van der Waals surface area contributed by atoms with E-state index in [2.05, 4.69) is 25.7 Å². The van der Waals surface area contributed by atoms with Gasteiger partial charge in [0.25, 0.3) is 5.91 Å². The van der Waals surface area contributed by atoms with Crippen molar-refractivity contribution in [2.45, 2.75) is 13.1 Å². The van der Waals surface area contributed by atoms with Crippen LogP contribution in [-0.2, 0) is 13.1 Å². The van der Waals surface area contributed by atoms with E-state index in [-0.39, 0.29) is 5.91 Å². The second-order valence-corrected chi connectivity index (χ2v) is 7.12. The number of ether oxygens (including phenoxy) is 2. The van der Waals surface area contributed by atoms with Gasteiger partial charge in [-0.2, -0.15) is 9.67 Å². The number of nitrogens with one attached hydrogen (secondary N) is 2. The van der Waals surface area contributed by atoms with Gasteiger partial charge in [0, 0.05) is 25.5 Å². The third-order valence-electron chi connectivity index (χ3n) is 4.93. The van der Waals surface area contributed by atoms with Crippen molar-refractivity contribution in [3.63, 3.8) is 0 Å². The standard InChI is InChI=1S/C24H24N6O3/c1-32-20-9-5-17(6-10-20)14-26-23-28-24(27-15-18-7-11-21(33-2)12-8-18)30(29-23)22(31)19-4-3-13-25-16-19/h3-13,16H,14-15H2,1-2H3,(H2,26,27,28,29). The summed E-state index contributed by atoms with van der Waals surface area (Å²) >= 11 is 0. The summed E-state index contributed by atoms with van der Waals surface area (Å²) in [6.45, 7) is 0.952. The number of hydrogen-bond donors (Lipinski definition) is 2. The van der Waals surface area contributed by atoms with E-state index in [1.807, 2.05) is 48.5 Å². The molecular formula is C24H24N6O3. The Balaban J connectivity index is 1.53. The van der Waals surface area contributed by atoms with E-state index in [0.717, 1.165) is 22.6 Å². The van der Waals surface area contributed by atoms with Gasteiger partial charge < -0.3 is 20.1 Å². The maximum atomic E-state index is 13.0. The van der Waals surface area contributed by atoms with Crippen LogP contribution in [0.1, 0.15) is 21.5 Å². The highest BCUT2D eigenvalue weighted by Gasteiger charge is 2.18. The van der Waals surface area contributed by atoms with Gasteiger partial charge in [-0.25, -0.2) is 0 Å². The van der Waals surface area contributed by atoms with Crippen molar-refractivity contribution >= 4 is 17.8 Å². The fourth-order valence-corrected chi connectivity index (χ4v) is 3.10. The number of anilines is 2. The van der Waals surface area contributed by atoms with Gasteiger partial charge in [0.05, 0.1) is 19.8 Å². The van der Waals surface area contributed by atoms with Gasteiger partial charge in [-0.05, 0) is 47.5 Å². The van der Waals surface area contributed by atoms with Crippen LogP contribution in [0.4, 0.5) is 11.9 Å². The lowest BCUT2D eigenvalue weighted by Crippen LogP contribution is -2.17. The second-order valence-electron chi connectivity index (χ2n) is 7.12. The number of carbonyl (C=O) groups excluding carboxylic acids is 1. The van der Waals surface area contributed by atoms with E-state index in [4.69, 9.17) is 9.47 Å². The number of nitrogens with zero attached hydrogens (tertiary/aromatic N) is 4. The zero-order valence-corrected chi connectivity index (χ0v) is 18.4. The molecule has 0 saturated heterocycles. The van der Waals surface area contributed by atoms with Crippen molar-refractivity contribution in [3.8, 4) is 11.5 Å². The smallest absolute Gasteiger partial charge is 0.283 e. The quantitative estimate of drug-likeness (QED) is 0.404. The molecule has 2 aromatic carbocycles. The van der Waals surface area contributed by atoms with Gasteiger partial charge >= 0.3 is 0 Å². The molecule has 168 valence electrons. The monoisotopic (exact) mass is 444 g/mol. The largest absolute Gasteiger partial charge is 0.497 e. The topological polar surface area (TPSA) is 103 Å². The summed E-state index contributed by atoms with van der Waals surface area (Å²) in [5.74, 6) is 1.90. The molecule has 0 amide bonds. The molecule has 9 nitrogen and oxygen atoms in total. The normalized spacial score (nSPS) is 10.5. The molecule has 4 rings (SSSR count). The van der Waals surface area contributed by atoms with Crippen LogP contribution in [0, 0.1) is 0 Å². The molecule has 2 aromatic heterocycles. The van der Waals surface area contributed by atoms with Crippen molar-refractivity contribution < 1.29 is 14.3 Å². The van der Waals surface area contributed by atoms with Crippen molar-refractivity contribution in [2.75, 3.05) is 24.9 Å². The van der Waals surface area contributed by atoms with E-state index in [0.29, 0.717) is 30.5 Å². The molecule has 4 aromatic rings. The Hall–Kier alpha value is -4.40. The Morgan fingerprint density at radius 3 is 2.03 bits per heavy atom. The molecule has 0 atom stereocenters. The summed E-state index contributed by atoms with van der Waals surface area (Å²) in [5, 5.41) is 10.8. The second kappa shape index (κ2) is 10.3. The van der Waals surface area contributed by atoms with E-state index in [1.165, 1.54) is 10.9 Å². The lowest BCUT2D eigenvalue weighted by atomic mass is 10.2. The highest BCUT2D eigenvalue weighted by molar-refractivity contribution is 5.96. The summed E-state index contributed by atoms with van der Waals surface area (Å²) in [6.07, 6.45) is 3.12. The van der Waals surface area contributed by atoms with Crippen LogP contribution < -0.4 is 20.1 Å². The lowest BCUT2D eigenvalue weighted by Gasteiger charge is -2.07. The number of methoxy groups -OCH3 is 2. The van der Waals surface area contributed by atoms with E-state index in [1.54, 1.807) is 32.5 Å². The number of benzene rings is 2. The third-order valence-corrected chi connectivity index (χ3v) is 4.93. The minimum absolute atomic E-state index is 0.328. The van der Waals surface area contributed by atoms with Crippen LogP contribution in [0.3, 0.4) is 0 Å². The van der Waals surface area contributed by atoms with Crippen molar-refractivity contribution in [1.29, 1.82) is 0 Å². The lowest BCUT2D eigenvalue weighted by molar-refractivity contribution is 0.0947. The van der Waals surface area contributed by atoms with Crippen molar-refractivity contribution in [2.24, 2.45) is 0 Å². The number of carbonyl (C=O) groups is 1. The first kappa shape index (κ1) is 21.8. The van der Waals surface area contributed by atoms with Gasteiger partial charge in [-0.1, -0.05) is 24.3 Å². The van der Waals surface area contributed by atoms with Gasteiger partial charge in [-0.3, -0.25) is 9.78 Å². The molecule has 33 heavy (non-hydrogen) atoms. The minimum Gasteiger partial charge on any atom is -0.497 e. The van der Waals surface area contributed by atoms with Crippen LogP contribution >= 0.6 is 0 Å². The molecule has 2 heterocycles. The van der Waals surface area contributed by atoms with Crippen LogP contribution in [0.25, 0.3) is 0 Å². The minimum atomic E-state index is -0.328. The highest BCUT2D eigenvalue weighted by atomic mass is 16.5. The van der Waals surface area contributed by atoms with E-state index >= 15 is 0 Å². The van der Waals surface area contributed by atoms with Crippen molar-refractivity contribution in [1.82, 2.24) is 19.7 Å². The molecule has 0 bridgehead atoms. The van der Waals surface area contributed by atoms with E-state index < -0.39 is 0 Å². The molecule has 0 aliphatic carbocycles. The average Bonchev–Trinajstić information content (AvgIpc) is 3.30. The first-order chi connectivity index (χ1) is 16.2. The fraction of sp³-hybridized carbons (Fsp3) is 0.167. The Labute approximate surface area is 191 Å². The Morgan fingerprint density at radius 1 is 0.879 bits per heavy atom. The van der Waals surface area contributed by atoms with Crippen molar-refractivity contribution in [3.05, 3.63) is 89.7 Å². The van der Waals surface area contributed by atoms with Gasteiger partial charge in [-0.15, -0.1) is 5.10 Å². The Bertz CT molecular complexity index is 1190. The Morgan fingerprint density at radius 2 is 1.48 bits per heavy atom. The molecule has 0 aliphatic rings. The number of pyridine rings is 1. The fourth-order valence-electron chi connectivity index (χ4n) is 3.10. The van der Waals surface area contributed by atoms with E-state index in [9.17, 15) is 4.79 Å². The van der Waals surface area contributed by atoms with Crippen LogP contribution in [0.2, 0.25) is 0 Å². The predicted molar refractivity (Wildman–Crippen MR) is 125 cm³/mol. The van der Waals surface area contributed by atoms with Gasteiger partial charge in [0.1, 0.15) is 11.5 Å². The highest BCUT2D eigenvalue weighted by Crippen LogP contribution is 2.17. The maximum Gasteiger partial charge on any atom is 0.283 e. The summed E-state index contributed by atoms with van der Waals surface area (Å²) < 4.78 is 11.6. The molecular weight excluding hydrogens is 420 g/mol. The molecule has 0 aliphatic heterocycles. The summed E-state index contributed by atoms with van der Waals surface area (Å²) in [5.41, 5.74) is 2.45. The van der Waals surface area contributed by atoms with Crippen LogP contribution in [-0.4, -0.2) is 39.9 Å². The number of hydrogen-bond acceptors (Lipinski definition) is 8. The zero-order chi connectivity index (χ0) is 23.0. The van der Waals surface area contributed by atoms with Crippen LogP contribution in [0.15, 0.2) is 73.1 Å². The zero-order valence-electron chi connectivity index (χ0n) is 18.4.